The van der Waals surface area contributed by atoms with Gasteiger partial charge < -0.3 is 11.1 Å². The molecule has 0 saturated heterocycles. The van der Waals surface area contributed by atoms with Gasteiger partial charge in [-0.25, -0.2) is 0 Å². The fourth-order valence-electron chi connectivity index (χ4n) is 2.41. The number of likely N-dealkylation sites (N-methyl/N-ethyl adjacent to an activating group) is 1. The third-order valence-corrected chi connectivity index (χ3v) is 4.18. The average Bonchev–Trinajstić information content (AvgIpc) is 2.47. The summed E-state index contributed by atoms with van der Waals surface area (Å²) in [5, 5.41) is 2.93. The van der Waals surface area contributed by atoms with Gasteiger partial charge in [-0.3, -0.25) is 9.69 Å². The van der Waals surface area contributed by atoms with Gasteiger partial charge in [0, 0.05) is 11.6 Å². The maximum atomic E-state index is 12.4. The summed E-state index contributed by atoms with van der Waals surface area (Å²) in [7, 11) is 1.99. The minimum atomic E-state index is -0.214. The number of rotatable bonds is 7. The maximum Gasteiger partial charge on any atom is 0.241 e. The van der Waals surface area contributed by atoms with Gasteiger partial charge >= 0.3 is 0 Å². The highest BCUT2D eigenvalue weighted by Gasteiger charge is 2.23. The molecule has 4 nitrogen and oxygen atoms in total. The standard InChI is InChI=1S/C16H25N3OS/c1-5-12(6-2)19(4)11(3)16(20)18-14-10-8-7-9-13(14)15(17)21/h7-12H,5-6H2,1-4H3,(H2,17,21)(H,18,20). The molecule has 0 aliphatic carbocycles. The van der Waals surface area contributed by atoms with Crippen LogP contribution < -0.4 is 11.1 Å². The molecule has 1 unspecified atom stereocenters. The molecule has 0 aliphatic rings. The Morgan fingerprint density at radius 2 is 1.90 bits per heavy atom. The lowest BCUT2D eigenvalue weighted by atomic mass is 10.1. The molecule has 0 saturated carbocycles. The number of anilines is 1. The van der Waals surface area contributed by atoms with Crippen molar-refractivity contribution < 1.29 is 4.79 Å². The summed E-state index contributed by atoms with van der Waals surface area (Å²) < 4.78 is 0. The van der Waals surface area contributed by atoms with Crippen LogP contribution in [0.3, 0.4) is 0 Å². The van der Waals surface area contributed by atoms with Gasteiger partial charge in [0.15, 0.2) is 0 Å². The van der Waals surface area contributed by atoms with Crippen molar-refractivity contribution in [3.05, 3.63) is 29.8 Å². The lowest BCUT2D eigenvalue weighted by Crippen LogP contribution is -2.45. The quantitative estimate of drug-likeness (QED) is 0.761. The van der Waals surface area contributed by atoms with E-state index in [1.807, 2.05) is 38.2 Å². The van der Waals surface area contributed by atoms with Crippen molar-refractivity contribution in [2.24, 2.45) is 5.73 Å². The Labute approximate surface area is 132 Å². The SMILES string of the molecule is CCC(CC)N(C)C(C)C(=O)Nc1ccccc1C(N)=S. The van der Waals surface area contributed by atoms with Crippen LogP contribution in [0.25, 0.3) is 0 Å². The zero-order valence-electron chi connectivity index (χ0n) is 13.2. The first-order valence-electron chi connectivity index (χ1n) is 7.33. The monoisotopic (exact) mass is 307 g/mol. The number of amides is 1. The van der Waals surface area contributed by atoms with E-state index in [4.69, 9.17) is 18.0 Å². The molecular weight excluding hydrogens is 282 g/mol. The van der Waals surface area contributed by atoms with Gasteiger partial charge in [-0.15, -0.1) is 0 Å². The summed E-state index contributed by atoms with van der Waals surface area (Å²) in [5.74, 6) is -0.0481. The van der Waals surface area contributed by atoms with Crippen LogP contribution in [-0.2, 0) is 4.79 Å². The first-order chi connectivity index (χ1) is 9.92. The first-order valence-corrected chi connectivity index (χ1v) is 7.74. The number of nitrogens with two attached hydrogens (primary N) is 1. The van der Waals surface area contributed by atoms with E-state index in [-0.39, 0.29) is 16.9 Å². The van der Waals surface area contributed by atoms with Crippen molar-refractivity contribution in [1.29, 1.82) is 0 Å². The van der Waals surface area contributed by atoms with Gasteiger partial charge in [-0.1, -0.05) is 38.2 Å². The lowest BCUT2D eigenvalue weighted by molar-refractivity contribution is -0.121. The second kappa shape index (κ2) is 8.10. The number of nitrogens with zero attached hydrogens (tertiary/aromatic N) is 1. The van der Waals surface area contributed by atoms with Crippen LogP contribution in [0.5, 0.6) is 0 Å². The van der Waals surface area contributed by atoms with Crippen molar-refractivity contribution in [2.75, 3.05) is 12.4 Å². The van der Waals surface area contributed by atoms with Gasteiger partial charge in [-0.05, 0) is 38.9 Å². The summed E-state index contributed by atoms with van der Waals surface area (Å²) in [6.07, 6.45) is 2.04. The van der Waals surface area contributed by atoms with Crippen LogP contribution in [0.15, 0.2) is 24.3 Å². The molecule has 0 heterocycles. The molecule has 0 aliphatic heterocycles. The van der Waals surface area contributed by atoms with Gasteiger partial charge in [0.2, 0.25) is 5.91 Å². The highest BCUT2D eigenvalue weighted by atomic mass is 32.1. The molecule has 1 aromatic carbocycles. The van der Waals surface area contributed by atoms with Crippen LogP contribution in [-0.4, -0.2) is 34.9 Å². The molecule has 0 radical (unpaired) electrons. The van der Waals surface area contributed by atoms with E-state index in [0.717, 1.165) is 12.8 Å². The smallest absolute Gasteiger partial charge is 0.241 e. The molecule has 3 N–H and O–H groups in total. The number of hydrogen-bond donors (Lipinski definition) is 2. The van der Waals surface area contributed by atoms with Crippen molar-refractivity contribution in [1.82, 2.24) is 4.90 Å². The minimum Gasteiger partial charge on any atom is -0.389 e. The third-order valence-electron chi connectivity index (χ3n) is 3.96. The molecule has 0 bridgehead atoms. The van der Waals surface area contributed by atoms with Gasteiger partial charge in [0.25, 0.3) is 0 Å². The number of para-hydroxylation sites is 1. The number of thiocarbonyl (C=S) groups is 1. The van der Waals surface area contributed by atoms with Crippen molar-refractivity contribution in [3.8, 4) is 0 Å². The van der Waals surface area contributed by atoms with E-state index < -0.39 is 0 Å². The Morgan fingerprint density at radius 3 is 2.43 bits per heavy atom. The molecule has 116 valence electrons. The van der Waals surface area contributed by atoms with Crippen LogP contribution in [0, 0.1) is 0 Å². The summed E-state index contributed by atoms with van der Waals surface area (Å²) in [4.78, 5) is 14.8. The highest BCUT2D eigenvalue weighted by molar-refractivity contribution is 7.80. The molecule has 1 rings (SSSR count). The first kappa shape index (κ1) is 17.6. The largest absolute Gasteiger partial charge is 0.389 e. The van der Waals surface area contributed by atoms with Crippen LogP contribution in [0.1, 0.15) is 39.2 Å². The van der Waals surface area contributed by atoms with Crippen LogP contribution >= 0.6 is 12.2 Å². The Kier molecular flexibility index (Phi) is 6.78. The molecule has 0 spiro atoms. The second-order valence-corrected chi connectivity index (χ2v) is 5.65. The number of nitrogens with one attached hydrogen (secondary N) is 1. The predicted octanol–water partition coefficient (Wildman–Crippen LogP) is 2.77. The number of benzene rings is 1. The Hall–Kier alpha value is -1.46. The number of carbonyl (C=O) groups is 1. The average molecular weight is 307 g/mol. The topological polar surface area (TPSA) is 58.4 Å². The summed E-state index contributed by atoms with van der Waals surface area (Å²) in [6.45, 7) is 6.19. The number of carbonyl (C=O) groups excluding carboxylic acids is 1. The van der Waals surface area contributed by atoms with Gasteiger partial charge in [0.1, 0.15) is 4.99 Å². The molecular formula is C16H25N3OS. The van der Waals surface area contributed by atoms with Crippen molar-refractivity contribution in [3.63, 3.8) is 0 Å². The van der Waals surface area contributed by atoms with E-state index in [1.54, 1.807) is 0 Å². The summed E-state index contributed by atoms with van der Waals surface area (Å²) in [6, 6.07) is 7.52. The molecule has 21 heavy (non-hydrogen) atoms. The number of hydrogen-bond acceptors (Lipinski definition) is 3. The fraction of sp³-hybridized carbons (Fsp3) is 0.500. The van der Waals surface area contributed by atoms with Crippen LogP contribution in [0.2, 0.25) is 0 Å². The van der Waals surface area contributed by atoms with Gasteiger partial charge in [-0.2, -0.15) is 0 Å². The van der Waals surface area contributed by atoms with Crippen LogP contribution in [0.4, 0.5) is 5.69 Å². The molecule has 5 heteroatoms. The zero-order chi connectivity index (χ0) is 16.0. The zero-order valence-corrected chi connectivity index (χ0v) is 14.0. The highest BCUT2D eigenvalue weighted by Crippen LogP contribution is 2.17. The molecule has 1 amide bonds. The van der Waals surface area contributed by atoms with E-state index in [0.29, 0.717) is 17.3 Å². The summed E-state index contributed by atoms with van der Waals surface area (Å²) >= 11 is 5.01. The Bertz CT molecular complexity index is 500. The van der Waals surface area contributed by atoms with E-state index in [2.05, 4.69) is 24.1 Å². The maximum absolute atomic E-state index is 12.4. The second-order valence-electron chi connectivity index (χ2n) is 5.21. The molecule has 1 aromatic rings. The van der Waals surface area contributed by atoms with Crippen molar-refractivity contribution in [2.45, 2.75) is 45.7 Å². The van der Waals surface area contributed by atoms with E-state index in [9.17, 15) is 4.79 Å². The Balaban J connectivity index is 2.84. The third kappa shape index (κ3) is 4.51. The minimum absolute atomic E-state index is 0.0481. The molecule has 0 aromatic heterocycles. The lowest BCUT2D eigenvalue weighted by Gasteiger charge is -2.31. The molecule has 1 atom stereocenters. The van der Waals surface area contributed by atoms with Crippen molar-refractivity contribution >= 4 is 28.8 Å². The van der Waals surface area contributed by atoms with E-state index in [1.165, 1.54) is 0 Å². The Morgan fingerprint density at radius 1 is 1.33 bits per heavy atom. The normalized spacial score (nSPS) is 12.5. The molecule has 0 fully saturated rings. The fourth-order valence-corrected chi connectivity index (χ4v) is 2.59. The predicted molar refractivity (Wildman–Crippen MR) is 92.6 cm³/mol. The summed E-state index contributed by atoms with van der Waals surface area (Å²) in [5.41, 5.74) is 7.05. The van der Waals surface area contributed by atoms with E-state index >= 15 is 0 Å². The van der Waals surface area contributed by atoms with Gasteiger partial charge in [0.05, 0.1) is 11.7 Å².